The standard InChI is InChI=1S/C15H18BrNO2S2/c1-9-7-13(18)11(8-12(9)16)14(19)10(2)21-15(20)17-5-3-4-6-17/h7-8,10,18H,3-6H2,1-2H3/t10-/m1/s1. The predicted molar refractivity (Wildman–Crippen MR) is 95.3 cm³/mol. The Labute approximate surface area is 143 Å². The quantitative estimate of drug-likeness (QED) is 0.622. The maximum absolute atomic E-state index is 12.5. The first-order chi connectivity index (χ1) is 9.90. The van der Waals surface area contributed by atoms with Crippen molar-refractivity contribution in [2.75, 3.05) is 13.1 Å². The average molecular weight is 388 g/mol. The molecule has 1 heterocycles. The molecule has 1 fully saturated rings. The third kappa shape index (κ3) is 3.99. The van der Waals surface area contributed by atoms with Crippen LogP contribution >= 0.6 is 39.9 Å². The Morgan fingerprint density at radius 2 is 2.05 bits per heavy atom. The molecule has 0 bridgehead atoms. The van der Waals surface area contributed by atoms with E-state index < -0.39 is 0 Å². The summed E-state index contributed by atoms with van der Waals surface area (Å²) in [6.07, 6.45) is 2.32. The van der Waals surface area contributed by atoms with Gasteiger partial charge in [-0.2, -0.15) is 0 Å². The van der Waals surface area contributed by atoms with E-state index in [1.165, 1.54) is 11.8 Å². The summed E-state index contributed by atoms with van der Waals surface area (Å²) in [6, 6.07) is 3.29. The van der Waals surface area contributed by atoms with Crippen LogP contribution in [-0.2, 0) is 0 Å². The lowest BCUT2D eigenvalue weighted by atomic mass is 10.1. The fourth-order valence-corrected chi connectivity index (χ4v) is 4.09. The number of aryl methyl sites for hydroxylation is 1. The Morgan fingerprint density at radius 3 is 2.67 bits per heavy atom. The summed E-state index contributed by atoms with van der Waals surface area (Å²) in [6.45, 7) is 5.67. The summed E-state index contributed by atoms with van der Waals surface area (Å²) >= 11 is 10.2. The smallest absolute Gasteiger partial charge is 0.179 e. The monoisotopic (exact) mass is 387 g/mol. The number of aromatic hydroxyl groups is 1. The van der Waals surface area contributed by atoms with Crippen molar-refractivity contribution in [3.8, 4) is 5.75 Å². The molecule has 0 spiro atoms. The number of carbonyl (C=O) groups excluding carboxylic acids is 1. The maximum Gasteiger partial charge on any atom is 0.179 e. The summed E-state index contributed by atoms with van der Waals surface area (Å²) in [5.74, 6) is -0.0695. The Hall–Kier alpha value is -0.590. The molecule has 1 aliphatic rings. The number of carbonyl (C=O) groups is 1. The third-order valence-corrected chi connectivity index (χ3v) is 5.98. The van der Waals surface area contributed by atoms with E-state index in [2.05, 4.69) is 20.8 Å². The largest absolute Gasteiger partial charge is 0.507 e. The third-order valence-electron chi connectivity index (χ3n) is 3.55. The SMILES string of the molecule is Cc1cc(O)c(C(=O)[C@@H](C)SC(=S)N2CCCC2)cc1Br. The van der Waals surface area contributed by atoms with E-state index in [0.29, 0.717) is 5.56 Å². The predicted octanol–water partition coefficient (Wildman–Crippen LogP) is 4.15. The van der Waals surface area contributed by atoms with Crippen LogP contribution in [0, 0.1) is 6.92 Å². The molecule has 0 amide bonds. The van der Waals surface area contributed by atoms with Crippen molar-refractivity contribution in [1.29, 1.82) is 0 Å². The molecule has 3 nitrogen and oxygen atoms in total. The van der Waals surface area contributed by atoms with Crippen LogP contribution in [0.25, 0.3) is 0 Å². The van der Waals surface area contributed by atoms with Crippen LogP contribution in [0.5, 0.6) is 5.75 Å². The van der Waals surface area contributed by atoms with Gasteiger partial charge in [-0.1, -0.05) is 39.9 Å². The number of thiocarbonyl (C=S) groups is 1. The minimum Gasteiger partial charge on any atom is -0.507 e. The summed E-state index contributed by atoms with van der Waals surface area (Å²) in [4.78, 5) is 14.6. The van der Waals surface area contributed by atoms with Gasteiger partial charge in [-0.25, -0.2) is 0 Å². The highest BCUT2D eigenvalue weighted by molar-refractivity contribution is 9.10. The first-order valence-corrected chi connectivity index (χ1v) is 8.97. The average Bonchev–Trinajstić information content (AvgIpc) is 2.96. The minimum absolute atomic E-state index is 0.0280. The highest BCUT2D eigenvalue weighted by Crippen LogP contribution is 2.30. The van der Waals surface area contributed by atoms with Gasteiger partial charge in [0.05, 0.1) is 10.8 Å². The van der Waals surface area contributed by atoms with Gasteiger partial charge in [0.25, 0.3) is 0 Å². The number of ketones is 1. The molecule has 2 rings (SSSR count). The van der Waals surface area contributed by atoms with Gasteiger partial charge in [-0.15, -0.1) is 0 Å². The van der Waals surface area contributed by atoms with Crippen LogP contribution in [0.15, 0.2) is 16.6 Å². The van der Waals surface area contributed by atoms with Crippen molar-refractivity contribution >= 4 is 50.0 Å². The van der Waals surface area contributed by atoms with Gasteiger partial charge in [0, 0.05) is 17.6 Å². The fourth-order valence-electron chi connectivity index (χ4n) is 2.26. The molecule has 114 valence electrons. The molecule has 1 saturated heterocycles. The van der Waals surface area contributed by atoms with E-state index >= 15 is 0 Å². The zero-order chi connectivity index (χ0) is 15.6. The Bertz CT molecular complexity index is 571. The van der Waals surface area contributed by atoms with Crippen molar-refractivity contribution in [3.05, 3.63) is 27.7 Å². The van der Waals surface area contributed by atoms with Gasteiger partial charge in [0.15, 0.2) is 5.78 Å². The van der Waals surface area contributed by atoms with Crippen LogP contribution in [0.1, 0.15) is 35.7 Å². The molecular formula is C15H18BrNO2S2. The summed E-state index contributed by atoms with van der Waals surface area (Å²) in [7, 11) is 0. The van der Waals surface area contributed by atoms with Crippen molar-refractivity contribution in [2.24, 2.45) is 0 Å². The van der Waals surface area contributed by atoms with E-state index in [1.807, 2.05) is 13.8 Å². The molecular weight excluding hydrogens is 370 g/mol. The van der Waals surface area contributed by atoms with Gasteiger partial charge >= 0.3 is 0 Å². The molecule has 1 N–H and O–H groups in total. The Balaban J connectivity index is 2.08. The molecule has 1 aliphatic heterocycles. The van der Waals surface area contributed by atoms with E-state index in [9.17, 15) is 9.90 Å². The lowest BCUT2D eigenvalue weighted by Crippen LogP contribution is -2.27. The second-order valence-corrected chi connectivity index (χ2v) is 8.03. The first-order valence-electron chi connectivity index (χ1n) is 6.89. The Kier molecular flexibility index (Phi) is 5.68. The molecule has 1 aromatic carbocycles. The van der Waals surface area contributed by atoms with Gasteiger partial charge in [0.2, 0.25) is 0 Å². The zero-order valence-corrected chi connectivity index (χ0v) is 15.3. The van der Waals surface area contributed by atoms with Crippen LogP contribution in [-0.4, -0.2) is 38.4 Å². The lowest BCUT2D eigenvalue weighted by Gasteiger charge is -2.20. The second kappa shape index (κ2) is 7.11. The number of nitrogens with zero attached hydrogens (tertiary/aromatic N) is 1. The number of phenols is 1. The number of rotatable bonds is 3. The summed E-state index contributed by atoms with van der Waals surface area (Å²) < 4.78 is 1.60. The number of likely N-dealkylation sites (tertiary alicyclic amines) is 1. The number of benzene rings is 1. The fraction of sp³-hybridized carbons (Fsp3) is 0.467. The molecule has 0 aliphatic carbocycles. The number of hydrogen-bond donors (Lipinski definition) is 1. The topological polar surface area (TPSA) is 40.5 Å². The van der Waals surface area contributed by atoms with Crippen LogP contribution in [0.2, 0.25) is 0 Å². The zero-order valence-electron chi connectivity index (χ0n) is 12.1. The number of Topliss-reactive ketones (excluding diaryl/α,β-unsaturated/α-hetero) is 1. The number of hydrogen-bond acceptors (Lipinski definition) is 4. The van der Waals surface area contributed by atoms with E-state index in [1.54, 1.807) is 12.1 Å². The van der Waals surface area contributed by atoms with Crippen LogP contribution in [0.3, 0.4) is 0 Å². The molecule has 0 unspecified atom stereocenters. The highest BCUT2D eigenvalue weighted by Gasteiger charge is 2.24. The maximum atomic E-state index is 12.5. The van der Waals surface area contributed by atoms with Gasteiger partial charge in [-0.3, -0.25) is 4.79 Å². The number of halogens is 1. The molecule has 0 aromatic heterocycles. The molecule has 0 saturated carbocycles. The molecule has 6 heteroatoms. The van der Waals surface area contributed by atoms with E-state index in [-0.39, 0.29) is 16.8 Å². The van der Waals surface area contributed by atoms with Crippen molar-refractivity contribution in [2.45, 2.75) is 31.9 Å². The first kappa shape index (κ1) is 16.8. The minimum atomic E-state index is -0.307. The molecule has 1 atom stereocenters. The van der Waals surface area contributed by atoms with Crippen LogP contribution < -0.4 is 0 Å². The second-order valence-electron chi connectivity index (χ2n) is 5.20. The van der Waals surface area contributed by atoms with Crippen molar-refractivity contribution in [1.82, 2.24) is 4.90 Å². The Morgan fingerprint density at radius 1 is 1.43 bits per heavy atom. The highest BCUT2D eigenvalue weighted by atomic mass is 79.9. The van der Waals surface area contributed by atoms with E-state index in [4.69, 9.17) is 12.2 Å². The summed E-state index contributed by atoms with van der Waals surface area (Å²) in [5.41, 5.74) is 1.24. The normalized spacial score (nSPS) is 16.0. The van der Waals surface area contributed by atoms with Crippen LogP contribution in [0.4, 0.5) is 0 Å². The van der Waals surface area contributed by atoms with Gasteiger partial charge < -0.3 is 10.0 Å². The van der Waals surface area contributed by atoms with Gasteiger partial charge in [-0.05, 0) is 44.4 Å². The molecule has 21 heavy (non-hydrogen) atoms. The van der Waals surface area contributed by atoms with Gasteiger partial charge in [0.1, 0.15) is 10.1 Å². The molecule has 0 radical (unpaired) electrons. The van der Waals surface area contributed by atoms with E-state index in [0.717, 1.165) is 40.3 Å². The lowest BCUT2D eigenvalue weighted by molar-refractivity contribution is 0.0991. The van der Waals surface area contributed by atoms with Crippen molar-refractivity contribution in [3.63, 3.8) is 0 Å². The number of thioether (sulfide) groups is 1. The summed E-state index contributed by atoms with van der Waals surface area (Å²) in [5, 5.41) is 9.68. The molecule has 1 aromatic rings. The van der Waals surface area contributed by atoms with Crippen molar-refractivity contribution < 1.29 is 9.90 Å². The number of phenolic OH excluding ortho intramolecular Hbond substituents is 1.